The molecule has 0 aliphatic carbocycles. The molecule has 1 aromatic rings. The number of benzene rings is 1. The molecule has 1 rings (SSSR count). The molecule has 1 amide bonds. The normalized spacial score (nSPS) is 14.8. The van der Waals surface area contributed by atoms with E-state index in [4.69, 9.17) is 10.5 Å². The van der Waals surface area contributed by atoms with Crippen LogP contribution in [0, 0.1) is 0 Å². The van der Waals surface area contributed by atoms with Crippen LogP contribution in [0.5, 0.6) is 0 Å². The Labute approximate surface area is 127 Å². The fourth-order valence-corrected chi connectivity index (χ4v) is 1.95. The summed E-state index contributed by atoms with van der Waals surface area (Å²) in [5.74, 6) is 0.247. The maximum atomic E-state index is 11.9. The quantitative estimate of drug-likeness (QED) is 0.810. The third-order valence-electron chi connectivity index (χ3n) is 3.47. The van der Waals surface area contributed by atoms with Gasteiger partial charge in [-0.15, -0.1) is 12.4 Å². The van der Waals surface area contributed by atoms with Crippen LogP contribution in [0.3, 0.4) is 0 Å². The zero-order chi connectivity index (χ0) is 14.3. The van der Waals surface area contributed by atoms with E-state index >= 15 is 0 Å². The highest BCUT2D eigenvalue weighted by Crippen LogP contribution is 2.18. The van der Waals surface area contributed by atoms with Gasteiger partial charge in [-0.25, -0.2) is 0 Å². The van der Waals surface area contributed by atoms with E-state index < -0.39 is 0 Å². The van der Waals surface area contributed by atoms with E-state index in [2.05, 4.69) is 24.4 Å². The Hall–Kier alpha value is -1.10. The van der Waals surface area contributed by atoms with E-state index in [0.717, 1.165) is 0 Å². The first kappa shape index (κ1) is 18.9. The molecule has 0 spiro atoms. The fraction of sp³-hybridized carbons (Fsp3) is 0.533. The van der Waals surface area contributed by atoms with E-state index in [1.165, 1.54) is 5.56 Å². The van der Waals surface area contributed by atoms with Gasteiger partial charge in [-0.05, 0) is 12.5 Å². The van der Waals surface area contributed by atoms with Crippen molar-refractivity contribution in [1.82, 2.24) is 5.32 Å². The first-order valence-electron chi connectivity index (χ1n) is 6.65. The first-order valence-corrected chi connectivity index (χ1v) is 6.65. The SMILES string of the molecule is COC(CN)CC(=O)NC(C)C(C)c1ccccc1.Cl. The lowest BCUT2D eigenvalue weighted by Crippen LogP contribution is -2.39. The highest BCUT2D eigenvalue weighted by Gasteiger charge is 2.18. The second-order valence-corrected chi connectivity index (χ2v) is 4.85. The summed E-state index contributed by atoms with van der Waals surface area (Å²) < 4.78 is 5.11. The van der Waals surface area contributed by atoms with Crippen LogP contribution in [0.15, 0.2) is 30.3 Å². The standard InChI is InChI=1S/C15H24N2O2.ClH/c1-11(13-7-5-4-6-8-13)12(2)17-15(18)9-14(10-16)19-3;/h4-8,11-12,14H,9-10,16H2,1-3H3,(H,17,18);1H. The van der Waals surface area contributed by atoms with Crippen LogP contribution >= 0.6 is 12.4 Å². The smallest absolute Gasteiger partial charge is 0.222 e. The van der Waals surface area contributed by atoms with E-state index in [-0.39, 0.29) is 36.4 Å². The van der Waals surface area contributed by atoms with E-state index in [1.54, 1.807) is 7.11 Å². The summed E-state index contributed by atoms with van der Waals surface area (Å²) in [6, 6.07) is 10.2. The Morgan fingerprint density at radius 2 is 1.90 bits per heavy atom. The van der Waals surface area contributed by atoms with Crippen molar-refractivity contribution in [2.45, 2.75) is 38.3 Å². The molecule has 0 bridgehead atoms. The van der Waals surface area contributed by atoms with Gasteiger partial charge in [0, 0.05) is 25.6 Å². The Kier molecular flexibility index (Phi) is 9.21. The summed E-state index contributed by atoms with van der Waals surface area (Å²) in [5, 5.41) is 3.00. The molecular formula is C15H25ClN2O2. The number of ether oxygens (including phenoxy) is 1. The van der Waals surface area contributed by atoms with Gasteiger partial charge in [-0.3, -0.25) is 4.79 Å². The molecule has 0 saturated heterocycles. The third kappa shape index (κ3) is 5.90. The van der Waals surface area contributed by atoms with Crippen molar-refractivity contribution in [3.8, 4) is 0 Å². The molecule has 4 nitrogen and oxygen atoms in total. The number of rotatable bonds is 7. The highest BCUT2D eigenvalue weighted by atomic mass is 35.5. The Morgan fingerprint density at radius 3 is 2.40 bits per heavy atom. The predicted octanol–water partition coefficient (Wildman–Crippen LogP) is 2.08. The zero-order valence-corrected chi connectivity index (χ0v) is 13.2. The Morgan fingerprint density at radius 1 is 1.30 bits per heavy atom. The van der Waals surface area contributed by atoms with Gasteiger partial charge >= 0.3 is 0 Å². The van der Waals surface area contributed by atoms with Gasteiger partial charge in [0.2, 0.25) is 5.91 Å². The minimum atomic E-state index is -0.209. The molecule has 0 fully saturated rings. The van der Waals surface area contributed by atoms with Crippen LogP contribution < -0.4 is 11.1 Å². The van der Waals surface area contributed by atoms with E-state index in [1.807, 2.05) is 25.1 Å². The van der Waals surface area contributed by atoms with Crippen molar-refractivity contribution in [3.63, 3.8) is 0 Å². The van der Waals surface area contributed by atoms with Crippen molar-refractivity contribution in [2.24, 2.45) is 5.73 Å². The third-order valence-corrected chi connectivity index (χ3v) is 3.47. The maximum Gasteiger partial charge on any atom is 0.222 e. The van der Waals surface area contributed by atoms with Gasteiger partial charge < -0.3 is 15.8 Å². The average molecular weight is 301 g/mol. The van der Waals surface area contributed by atoms with Crippen molar-refractivity contribution < 1.29 is 9.53 Å². The van der Waals surface area contributed by atoms with Crippen LogP contribution in [0.1, 0.15) is 31.7 Å². The number of hydrogen-bond acceptors (Lipinski definition) is 3. The van der Waals surface area contributed by atoms with Crippen molar-refractivity contribution in [3.05, 3.63) is 35.9 Å². The molecule has 0 aromatic heterocycles. The number of carbonyl (C=O) groups excluding carboxylic acids is 1. The minimum Gasteiger partial charge on any atom is -0.380 e. The summed E-state index contributed by atoms with van der Waals surface area (Å²) >= 11 is 0. The van der Waals surface area contributed by atoms with Gasteiger partial charge in [0.05, 0.1) is 12.5 Å². The summed E-state index contributed by atoms with van der Waals surface area (Å²) in [7, 11) is 1.57. The number of hydrogen-bond donors (Lipinski definition) is 2. The number of nitrogens with one attached hydrogen (secondary N) is 1. The van der Waals surface area contributed by atoms with Crippen molar-refractivity contribution in [2.75, 3.05) is 13.7 Å². The summed E-state index contributed by atoms with van der Waals surface area (Å²) in [5.41, 5.74) is 6.73. The zero-order valence-electron chi connectivity index (χ0n) is 12.3. The molecule has 1 aromatic carbocycles. The van der Waals surface area contributed by atoms with Crippen LogP contribution in [0.2, 0.25) is 0 Å². The first-order chi connectivity index (χ1) is 9.08. The monoisotopic (exact) mass is 300 g/mol. The van der Waals surface area contributed by atoms with E-state index in [0.29, 0.717) is 13.0 Å². The predicted molar refractivity (Wildman–Crippen MR) is 84.2 cm³/mol. The average Bonchev–Trinajstić information content (AvgIpc) is 2.44. The van der Waals surface area contributed by atoms with Crippen LogP contribution in [0.25, 0.3) is 0 Å². The molecule has 0 aliphatic heterocycles. The second-order valence-electron chi connectivity index (χ2n) is 4.85. The van der Waals surface area contributed by atoms with Gasteiger partial charge in [0.1, 0.15) is 0 Å². The molecule has 0 saturated carbocycles. The van der Waals surface area contributed by atoms with Crippen LogP contribution in [-0.2, 0) is 9.53 Å². The topological polar surface area (TPSA) is 64.3 Å². The van der Waals surface area contributed by atoms with Crippen molar-refractivity contribution >= 4 is 18.3 Å². The molecule has 20 heavy (non-hydrogen) atoms. The molecule has 0 heterocycles. The molecule has 5 heteroatoms. The van der Waals surface area contributed by atoms with Gasteiger partial charge in [0.25, 0.3) is 0 Å². The van der Waals surface area contributed by atoms with Crippen LogP contribution in [-0.4, -0.2) is 31.7 Å². The number of halogens is 1. The molecule has 0 radical (unpaired) electrons. The molecule has 3 atom stereocenters. The maximum absolute atomic E-state index is 11.9. The number of amides is 1. The van der Waals surface area contributed by atoms with Crippen molar-refractivity contribution in [1.29, 1.82) is 0 Å². The molecule has 114 valence electrons. The highest BCUT2D eigenvalue weighted by molar-refractivity contribution is 5.85. The number of carbonyl (C=O) groups is 1. The largest absolute Gasteiger partial charge is 0.380 e. The lowest BCUT2D eigenvalue weighted by Gasteiger charge is -2.22. The molecule has 0 aliphatic rings. The van der Waals surface area contributed by atoms with Gasteiger partial charge in [0.15, 0.2) is 0 Å². The number of nitrogens with two attached hydrogens (primary N) is 1. The summed E-state index contributed by atoms with van der Waals surface area (Å²) in [6.07, 6.45) is 0.0954. The van der Waals surface area contributed by atoms with E-state index in [9.17, 15) is 4.79 Å². The fourth-order valence-electron chi connectivity index (χ4n) is 1.95. The lowest BCUT2D eigenvalue weighted by atomic mass is 9.94. The van der Waals surface area contributed by atoms with Gasteiger partial charge in [-0.2, -0.15) is 0 Å². The van der Waals surface area contributed by atoms with Gasteiger partial charge in [-0.1, -0.05) is 37.3 Å². The molecule has 3 unspecified atom stereocenters. The Bertz CT molecular complexity index is 383. The lowest BCUT2D eigenvalue weighted by molar-refractivity contribution is -0.124. The summed E-state index contributed by atoms with van der Waals surface area (Å²) in [6.45, 7) is 4.48. The number of methoxy groups -OCH3 is 1. The minimum absolute atomic E-state index is 0. The summed E-state index contributed by atoms with van der Waals surface area (Å²) in [4.78, 5) is 11.9. The second kappa shape index (κ2) is 9.75. The Balaban J connectivity index is 0.00000361. The molecule has 3 N–H and O–H groups in total. The van der Waals surface area contributed by atoms with Crippen LogP contribution in [0.4, 0.5) is 0 Å². The molecular weight excluding hydrogens is 276 g/mol.